The summed E-state index contributed by atoms with van der Waals surface area (Å²) in [6.45, 7) is 7.48. The van der Waals surface area contributed by atoms with Crippen molar-refractivity contribution in [1.29, 1.82) is 0 Å². The third-order valence-corrected chi connectivity index (χ3v) is 7.79. The summed E-state index contributed by atoms with van der Waals surface area (Å²) < 4.78 is 30.7. The summed E-state index contributed by atoms with van der Waals surface area (Å²) in [5, 5.41) is 3.67. The summed E-state index contributed by atoms with van der Waals surface area (Å²) in [4.78, 5) is 39.7. The molecule has 0 fully saturated rings. The van der Waals surface area contributed by atoms with Gasteiger partial charge in [-0.05, 0) is 71.9 Å². The third-order valence-electron chi connectivity index (χ3n) is 6.77. The minimum absolute atomic E-state index is 0.00825. The van der Waals surface area contributed by atoms with Gasteiger partial charge in [0.05, 0.1) is 17.1 Å². The summed E-state index contributed by atoms with van der Waals surface area (Å²) in [6.07, 6.45) is 7.40. The van der Waals surface area contributed by atoms with Crippen molar-refractivity contribution in [1.82, 2.24) is 28.7 Å². The van der Waals surface area contributed by atoms with Gasteiger partial charge in [-0.25, -0.2) is 28.7 Å². The molecule has 6 rings (SSSR count). The Labute approximate surface area is 286 Å². The zero-order chi connectivity index (χ0) is 34.4. The number of nitrogens with zero attached hydrogens (tertiary/aromatic N) is 6. The van der Waals surface area contributed by atoms with Crippen LogP contribution in [0.3, 0.4) is 0 Å². The molecule has 0 atom stereocenters. The molecule has 10 nitrogen and oxygen atoms in total. The van der Waals surface area contributed by atoms with E-state index >= 15 is 0 Å². The Kier molecular flexibility index (Phi) is 11.6. The van der Waals surface area contributed by atoms with Crippen LogP contribution < -0.4 is 22.2 Å². The second kappa shape index (κ2) is 15.4. The van der Waals surface area contributed by atoms with Crippen LogP contribution in [0.1, 0.15) is 36.4 Å². The molecule has 0 saturated heterocycles. The molecule has 244 valence electrons. The van der Waals surface area contributed by atoms with Crippen LogP contribution in [-0.4, -0.2) is 28.7 Å². The number of nitrogens with two attached hydrogens (primary N) is 1. The Morgan fingerprint density at radius 2 is 1.32 bits per heavy atom. The van der Waals surface area contributed by atoms with Gasteiger partial charge >= 0.3 is 0 Å². The quantitative estimate of drug-likeness (QED) is 0.180. The number of nitrogens with one attached hydrogen (secondary N) is 1. The Morgan fingerprint density at radius 3 is 1.83 bits per heavy atom. The number of fused-ring (bicyclic) bond motifs is 2. The van der Waals surface area contributed by atoms with Crippen molar-refractivity contribution in [3.63, 3.8) is 0 Å². The Balaban J connectivity index is 0.000000178. The molecule has 6 heterocycles. The largest absolute Gasteiger partial charge is 0.396 e. The van der Waals surface area contributed by atoms with Crippen molar-refractivity contribution in [2.45, 2.75) is 40.5 Å². The molecule has 3 N–H and O–H groups in total. The summed E-state index contributed by atoms with van der Waals surface area (Å²) in [5.41, 5.74) is 9.48. The lowest BCUT2D eigenvalue weighted by Gasteiger charge is -2.12. The number of rotatable bonds is 4. The molecule has 0 radical (unpaired) electrons. The van der Waals surface area contributed by atoms with Gasteiger partial charge in [0, 0.05) is 58.8 Å². The predicted molar refractivity (Wildman–Crippen MR) is 185 cm³/mol. The number of pyridine rings is 4. The fourth-order valence-electron chi connectivity index (χ4n) is 4.17. The first-order chi connectivity index (χ1) is 22.3. The van der Waals surface area contributed by atoms with Gasteiger partial charge in [-0.3, -0.25) is 18.4 Å². The Morgan fingerprint density at radius 1 is 0.809 bits per heavy atom. The predicted octanol–water partition coefficient (Wildman–Crippen LogP) is 7.28. The van der Waals surface area contributed by atoms with Crippen molar-refractivity contribution in [2.24, 2.45) is 0 Å². The average Bonchev–Trinajstić information content (AvgIpc) is 3.03. The molecule has 0 aliphatic heterocycles. The number of nitrogen functional groups attached to an aromatic ring is 1. The van der Waals surface area contributed by atoms with E-state index in [1.165, 1.54) is 45.5 Å². The van der Waals surface area contributed by atoms with Gasteiger partial charge < -0.3 is 11.1 Å². The normalized spacial score (nSPS) is 10.7. The Hall–Kier alpha value is -4.46. The van der Waals surface area contributed by atoms with E-state index in [1.807, 2.05) is 33.8 Å². The van der Waals surface area contributed by atoms with E-state index < -0.39 is 11.6 Å². The van der Waals surface area contributed by atoms with Gasteiger partial charge in [-0.2, -0.15) is 0 Å². The van der Waals surface area contributed by atoms with Crippen LogP contribution in [0, 0.1) is 25.5 Å². The van der Waals surface area contributed by atoms with Gasteiger partial charge in [0.2, 0.25) is 0 Å². The molecular formula is C32H29BrCl2F2N8O2. The average molecular weight is 746 g/mol. The first kappa shape index (κ1) is 35.4. The summed E-state index contributed by atoms with van der Waals surface area (Å²) in [5.74, 6) is -1.09. The number of hydrogen-bond acceptors (Lipinski definition) is 8. The van der Waals surface area contributed by atoms with Crippen LogP contribution in [0.2, 0.25) is 10.3 Å². The van der Waals surface area contributed by atoms with E-state index in [1.54, 1.807) is 18.5 Å². The number of anilines is 3. The fraction of sp³-hybridized carbons (Fsp3) is 0.188. The summed E-state index contributed by atoms with van der Waals surface area (Å²) in [7, 11) is 0. The summed E-state index contributed by atoms with van der Waals surface area (Å²) in [6, 6.07) is 9.00. The van der Waals surface area contributed by atoms with Crippen molar-refractivity contribution < 1.29 is 8.78 Å². The smallest absolute Gasteiger partial charge is 0.258 e. The topological polar surface area (TPSA) is 133 Å². The maximum Gasteiger partial charge on any atom is 0.258 e. The first-order valence-electron chi connectivity index (χ1n) is 14.2. The standard InChI is InChI=1S/C16H14ClFN4O.C10H8BrFN2O.C6H7ClN2/c1-3-10-7-13(23)22-8-11(6-12(18)16(22)21-10)20-14-9(2)4-5-19-15(14)17;1-2-7-4-9(15)14-5-6(11)3-8(12)10(14)13-7;1-4-2-3-9-6(7)5(4)8/h4-8,20H,3H2,1-2H3;3-5H,2H2,1H3;2-3H,8H2,1H3. The number of aromatic nitrogens is 6. The van der Waals surface area contributed by atoms with Crippen LogP contribution in [0.5, 0.6) is 0 Å². The molecule has 15 heteroatoms. The highest BCUT2D eigenvalue weighted by Crippen LogP contribution is 2.27. The SMILES string of the molecule is CCc1cc(=O)n2cc(Br)cc(F)c2n1.CCc1cc(=O)n2cc(Nc3c(C)ccnc3Cl)cc(F)c2n1.Cc1ccnc(Cl)c1N. The van der Waals surface area contributed by atoms with Gasteiger partial charge in [0.25, 0.3) is 11.1 Å². The van der Waals surface area contributed by atoms with Gasteiger partial charge in [-0.1, -0.05) is 37.0 Å². The highest BCUT2D eigenvalue weighted by molar-refractivity contribution is 9.10. The lowest BCUT2D eigenvalue weighted by molar-refractivity contribution is 0.624. The molecule has 0 spiro atoms. The molecule has 0 unspecified atom stereocenters. The van der Waals surface area contributed by atoms with Crippen LogP contribution in [0.4, 0.5) is 25.8 Å². The molecule has 0 aliphatic carbocycles. The van der Waals surface area contributed by atoms with Crippen molar-refractivity contribution in [3.05, 3.63) is 131 Å². The summed E-state index contributed by atoms with van der Waals surface area (Å²) >= 11 is 14.8. The Bertz CT molecular complexity index is 2170. The highest BCUT2D eigenvalue weighted by atomic mass is 79.9. The van der Waals surface area contributed by atoms with E-state index in [0.717, 1.165) is 11.1 Å². The van der Waals surface area contributed by atoms with E-state index in [0.29, 0.717) is 50.9 Å². The lowest BCUT2D eigenvalue weighted by atomic mass is 10.2. The third kappa shape index (κ3) is 8.47. The molecule has 0 amide bonds. The van der Waals surface area contributed by atoms with Crippen molar-refractivity contribution in [3.8, 4) is 0 Å². The van der Waals surface area contributed by atoms with E-state index in [9.17, 15) is 18.4 Å². The molecule has 6 aromatic rings. The van der Waals surface area contributed by atoms with Crippen LogP contribution in [0.25, 0.3) is 11.3 Å². The minimum Gasteiger partial charge on any atom is -0.396 e. The monoisotopic (exact) mass is 744 g/mol. The second-order valence-corrected chi connectivity index (χ2v) is 11.7. The zero-order valence-corrected chi connectivity index (χ0v) is 28.8. The van der Waals surface area contributed by atoms with Crippen LogP contribution in [0.15, 0.2) is 75.2 Å². The maximum absolute atomic E-state index is 14.3. The molecule has 0 bridgehead atoms. The highest BCUT2D eigenvalue weighted by Gasteiger charge is 2.12. The maximum atomic E-state index is 14.3. The number of halogens is 5. The first-order valence-corrected chi connectivity index (χ1v) is 15.7. The van der Waals surface area contributed by atoms with Gasteiger partial charge in [0.15, 0.2) is 33.2 Å². The second-order valence-electron chi connectivity index (χ2n) is 10.1. The zero-order valence-electron chi connectivity index (χ0n) is 25.7. The van der Waals surface area contributed by atoms with Crippen LogP contribution >= 0.6 is 39.1 Å². The molecule has 6 aromatic heterocycles. The lowest BCUT2D eigenvalue weighted by Crippen LogP contribution is -2.17. The van der Waals surface area contributed by atoms with Gasteiger partial charge in [-0.15, -0.1) is 0 Å². The minimum atomic E-state index is -0.583. The molecule has 0 aromatic carbocycles. The molecular weight excluding hydrogens is 717 g/mol. The van der Waals surface area contributed by atoms with Crippen LogP contribution in [-0.2, 0) is 12.8 Å². The molecule has 47 heavy (non-hydrogen) atoms. The number of aryl methyl sites for hydroxylation is 4. The van der Waals surface area contributed by atoms with Gasteiger partial charge in [0.1, 0.15) is 0 Å². The van der Waals surface area contributed by atoms with Crippen molar-refractivity contribution >= 4 is 67.5 Å². The van der Waals surface area contributed by atoms with E-state index in [4.69, 9.17) is 28.9 Å². The van der Waals surface area contributed by atoms with Crippen molar-refractivity contribution in [2.75, 3.05) is 11.1 Å². The molecule has 0 saturated carbocycles. The number of hydrogen-bond donors (Lipinski definition) is 2. The molecule has 0 aliphatic rings. The van der Waals surface area contributed by atoms with E-state index in [-0.39, 0.29) is 27.6 Å². The fourth-order valence-corrected chi connectivity index (χ4v) is 5.04. The van der Waals surface area contributed by atoms with E-state index in [2.05, 4.69) is 41.2 Å².